The molecule has 1 amide bonds. The minimum atomic E-state index is -0.394. The Bertz CT molecular complexity index is 743. The first-order valence-corrected chi connectivity index (χ1v) is 7.84. The van der Waals surface area contributed by atoms with Gasteiger partial charge < -0.3 is 0 Å². The molecule has 5 heteroatoms. The number of pyridine rings is 1. The van der Waals surface area contributed by atoms with Crippen LogP contribution in [0.3, 0.4) is 0 Å². The van der Waals surface area contributed by atoms with Crippen molar-refractivity contribution in [2.24, 2.45) is 5.92 Å². The van der Waals surface area contributed by atoms with Crippen molar-refractivity contribution >= 4 is 5.91 Å². The molecule has 4 rings (SSSR count). The Balaban J connectivity index is 1.66. The molecule has 0 bridgehead atoms. The van der Waals surface area contributed by atoms with E-state index in [1.807, 2.05) is 6.07 Å². The fourth-order valence-corrected chi connectivity index (χ4v) is 3.50. The Kier molecular flexibility index (Phi) is 3.38. The Morgan fingerprint density at radius 2 is 1.83 bits per heavy atom. The second kappa shape index (κ2) is 5.42. The Labute approximate surface area is 133 Å². The third-order valence-corrected chi connectivity index (χ3v) is 4.87. The predicted octanol–water partition coefficient (Wildman–Crippen LogP) is 3.10. The number of rotatable bonds is 4. The zero-order chi connectivity index (χ0) is 16.0. The molecule has 2 aliphatic rings. The number of hydrogen-bond donors (Lipinski definition) is 2. The van der Waals surface area contributed by atoms with Gasteiger partial charge in [0.2, 0.25) is 5.91 Å². The first kappa shape index (κ1) is 14.3. The Morgan fingerprint density at radius 1 is 1.13 bits per heavy atom. The molecule has 4 nitrogen and oxygen atoms in total. The average Bonchev–Trinajstić information content (AvgIpc) is 3.47. The van der Waals surface area contributed by atoms with E-state index in [9.17, 15) is 9.18 Å². The summed E-state index contributed by atoms with van der Waals surface area (Å²) in [5.41, 5.74) is 4.81. The van der Waals surface area contributed by atoms with Crippen LogP contribution >= 0.6 is 0 Å². The van der Waals surface area contributed by atoms with Crippen molar-refractivity contribution in [1.29, 1.82) is 0 Å². The molecule has 23 heavy (non-hydrogen) atoms. The topological polar surface area (TPSA) is 62.2 Å². The lowest BCUT2D eigenvalue weighted by Gasteiger charge is -2.03. The number of hydroxylamine groups is 1. The Morgan fingerprint density at radius 3 is 2.48 bits per heavy atom. The maximum Gasteiger partial charge on any atom is 0.247 e. The van der Waals surface area contributed by atoms with Crippen molar-refractivity contribution in [3.05, 3.63) is 65.2 Å². The molecule has 1 heterocycles. The van der Waals surface area contributed by atoms with E-state index in [1.54, 1.807) is 23.8 Å². The highest BCUT2D eigenvalue weighted by Crippen LogP contribution is 2.60. The summed E-state index contributed by atoms with van der Waals surface area (Å²) in [7, 11) is 0. The number of aromatic nitrogens is 1. The van der Waals surface area contributed by atoms with Gasteiger partial charge in [0.05, 0.1) is 5.92 Å². The molecule has 2 saturated carbocycles. The van der Waals surface area contributed by atoms with Crippen LogP contribution in [0.1, 0.15) is 47.4 Å². The van der Waals surface area contributed by atoms with Crippen LogP contribution in [-0.2, 0) is 4.79 Å². The summed E-state index contributed by atoms with van der Waals surface area (Å²) in [6, 6.07) is 10.2. The molecule has 0 saturated heterocycles. The first-order chi connectivity index (χ1) is 11.2. The first-order valence-electron chi connectivity index (χ1n) is 7.84. The number of benzene rings is 1. The monoisotopic (exact) mass is 312 g/mol. The van der Waals surface area contributed by atoms with Gasteiger partial charge in [-0.1, -0.05) is 12.1 Å². The van der Waals surface area contributed by atoms with Crippen LogP contribution in [0.2, 0.25) is 0 Å². The standard InChI is InChI=1S/C18H17FN2O2/c19-13-5-3-11(4-6-13)15-16(17(15)18(22)21-23)12-7-8-20-14(9-12)10-1-2-10/h3-10,15-17,23H,1-2H2,(H,21,22)/t15-,16-,17-/m1/s1. The van der Waals surface area contributed by atoms with Crippen LogP contribution < -0.4 is 5.48 Å². The third kappa shape index (κ3) is 2.61. The largest absolute Gasteiger partial charge is 0.289 e. The van der Waals surface area contributed by atoms with Crippen molar-refractivity contribution in [2.45, 2.75) is 30.6 Å². The van der Waals surface area contributed by atoms with Gasteiger partial charge in [0.15, 0.2) is 0 Å². The maximum atomic E-state index is 13.1. The van der Waals surface area contributed by atoms with Gasteiger partial charge >= 0.3 is 0 Å². The number of nitrogens with zero attached hydrogens (tertiary/aromatic N) is 1. The fourth-order valence-electron chi connectivity index (χ4n) is 3.50. The average molecular weight is 312 g/mol. The summed E-state index contributed by atoms with van der Waals surface area (Å²) in [5.74, 6) is -0.531. The van der Waals surface area contributed by atoms with E-state index >= 15 is 0 Å². The molecular formula is C18H17FN2O2. The zero-order valence-corrected chi connectivity index (χ0v) is 12.4. The van der Waals surface area contributed by atoms with Gasteiger partial charge in [0.25, 0.3) is 0 Å². The summed E-state index contributed by atoms with van der Waals surface area (Å²) in [6.45, 7) is 0. The van der Waals surface area contributed by atoms with E-state index in [-0.39, 0.29) is 23.6 Å². The quantitative estimate of drug-likeness (QED) is 0.673. The van der Waals surface area contributed by atoms with Crippen LogP contribution in [-0.4, -0.2) is 16.1 Å². The van der Waals surface area contributed by atoms with E-state index in [4.69, 9.17) is 5.21 Å². The molecule has 2 fully saturated rings. The number of carbonyl (C=O) groups is 1. The van der Waals surface area contributed by atoms with Gasteiger partial charge in [-0.2, -0.15) is 0 Å². The van der Waals surface area contributed by atoms with Gasteiger partial charge in [0, 0.05) is 29.6 Å². The van der Waals surface area contributed by atoms with Gasteiger partial charge in [-0.3, -0.25) is 15.0 Å². The SMILES string of the molecule is O=C(NO)[C@@H]1[C@H](c2ccc(F)cc2)[C@H]1c1ccnc(C2CC2)c1. The molecule has 2 aliphatic carbocycles. The van der Waals surface area contributed by atoms with E-state index in [1.165, 1.54) is 25.0 Å². The van der Waals surface area contributed by atoms with E-state index < -0.39 is 5.91 Å². The fraction of sp³-hybridized carbons (Fsp3) is 0.333. The van der Waals surface area contributed by atoms with Crippen molar-refractivity contribution in [2.75, 3.05) is 0 Å². The summed E-state index contributed by atoms with van der Waals surface area (Å²) in [6.07, 6.45) is 4.13. The normalized spacial score (nSPS) is 25.9. The van der Waals surface area contributed by atoms with Crippen molar-refractivity contribution in [1.82, 2.24) is 10.5 Å². The lowest BCUT2D eigenvalue weighted by atomic mass is 10.0. The highest BCUT2D eigenvalue weighted by Gasteiger charge is 2.56. The summed E-state index contributed by atoms with van der Waals surface area (Å²) in [5, 5.41) is 9.00. The van der Waals surface area contributed by atoms with E-state index in [2.05, 4.69) is 11.1 Å². The second-order valence-corrected chi connectivity index (χ2v) is 6.39. The maximum absolute atomic E-state index is 13.1. The van der Waals surface area contributed by atoms with Crippen LogP contribution in [0.5, 0.6) is 0 Å². The molecule has 0 spiro atoms. The zero-order valence-electron chi connectivity index (χ0n) is 12.4. The highest BCUT2D eigenvalue weighted by molar-refractivity contribution is 5.84. The lowest BCUT2D eigenvalue weighted by molar-refractivity contribution is -0.130. The molecule has 0 unspecified atom stereocenters. The van der Waals surface area contributed by atoms with Crippen molar-refractivity contribution in [3.63, 3.8) is 0 Å². The van der Waals surface area contributed by atoms with Gasteiger partial charge in [-0.05, 0) is 48.2 Å². The lowest BCUT2D eigenvalue weighted by Crippen LogP contribution is -2.21. The van der Waals surface area contributed by atoms with Crippen molar-refractivity contribution < 1.29 is 14.4 Å². The number of halogens is 1. The molecule has 1 aromatic heterocycles. The minimum Gasteiger partial charge on any atom is -0.289 e. The van der Waals surface area contributed by atoms with Gasteiger partial charge in [-0.15, -0.1) is 0 Å². The van der Waals surface area contributed by atoms with Gasteiger partial charge in [-0.25, -0.2) is 9.87 Å². The molecule has 118 valence electrons. The summed E-state index contributed by atoms with van der Waals surface area (Å²) >= 11 is 0. The number of hydrogen-bond acceptors (Lipinski definition) is 3. The third-order valence-electron chi connectivity index (χ3n) is 4.87. The molecule has 1 aromatic carbocycles. The van der Waals surface area contributed by atoms with E-state index in [0.29, 0.717) is 5.92 Å². The molecular weight excluding hydrogens is 295 g/mol. The minimum absolute atomic E-state index is 0.00638. The molecule has 2 aromatic rings. The number of carbonyl (C=O) groups excluding carboxylic acids is 1. The van der Waals surface area contributed by atoms with Crippen molar-refractivity contribution in [3.8, 4) is 0 Å². The number of nitrogens with one attached hydrogen (secondary N) is 1. The summed E-state index contributed by atoms with van der Waals surface area (Å²) < 4.78 is 13.1. The van der Waals surface area contributed by atoms with E-state index in [0.717, 1.165) is 16.8 Å². The Hall–Kier alpha value is -2.27. The molecule has 0 aliphatic heterocycles. The van der Waals surface area contributed by atoms with Gasteiger partial charge in [0.1, 0.15) is 5.82 Å². The predicted molar refractivity (Wildman–Crippen MR) is 81.5 cm³/mol. The molecule has 3 atom stereocenters. The smallest absolute Gasteiger partial charge is 0.247 e. The number of amides is 1. The summed E-state index contributed by atoms with van der Waals surface area (Å²) in [4.78, 5) is 16.4. The van der Waals surface area contributed by atoms with Crippen LogP contribution in [0, 0.1) is 11.7 Å². The molecule has 2 N–H and O–H groups in total. The van der Waals surface area contributed by atoms with Crippen LogP contribution in [0.25, 0.3) is 0 Å². The van der Waals surface area contributed by atoms with Crippen LogP contribution in [0.15, 0.2) is 42.6 Å². The van der Waals surface area contributed by atoms with Crippen LogP contribution in [0.4, 0.5) is 4.39 Å². The highest BCUT2D eigenvalue weighted by atomic mass is 19.1. The molecule has 0 radical (unpaired) electrons. The second-order valence-electron chi connectivity index (χ2n) is 6.39.